The second kappa shape index (κ2) is 7.75. The Morgan fingerprint density at radius 3 is 2.95 bits per heavy atom. The van der Waals surface area contributed by atoms with Crippen LogP contribution in [0.4, 0.5) is 0 Å². The number of likely N-dealkylation sites (tertiary alicyclic amines) is 1. The average molecular weight is 309 g/mol. The van der Waals surface area contributed by atoms with Crippen molar-refractivity contribution < 1.29 is 0 Å². The van der Waals surface area contributed by atoms with Gasteiger partial charge >= 0.3 is 0 Å². The first-order chi connectivity index (χ1) is 10.0. The highest BCUT2D eigenvalue weighted by molar-refractivity contribution is 7.10. The second-order valence-corrected chi connectivity index (χ2v) is 8.18. The number of nitrogens with one attached hydrogen (secondary N) is 1. The Balaban J connectivity index is 1.82. The molecule has 2 rings (SSSR count). The summed E-state index contributed by atoms with van der Waals surface area (Å²) in [4.78, 5) is 4.13. The van der Waals surface area contributed by atoms with Crippen molar-refractivity contribution in [2.24, 2.45) is 5.92 Å². The maximum atomic E-state index is 3.82. The third kappa shape index (κ3) is 4.80. The zero-order valence-corrected chi connectivity index (χ0v) is 15.0. The van der Waals surface area contributed by atoms with Crippen molar-refractivity contribution in [3.05, 3.63) is 22.4 Å². The Bertz CT molecular complexity index is 397. The van der Waals surface area contributed by atoms with Gasteiger partial charge in [-0.25, -0.2) is 0 Å². The first-order valence-corrected chi connectivity index (χ1v) is 9.40. The largest absolute Gasteiger partial charge is 0.313 e. The van der Waals surface area contributed by atoms with Gasteiger partial charge in [0.05, 0.1) is 0 Å². The SMILES string of the molecule is CCCN1CCCC(C(C)NCC(C)(C)c2cccs2)C1. The Kier molecular flexibility index (Phi) is 6.27. The first-order valence-electron chi connectivity index (χ1n) is 8.52. The maximum Gasteiger partial charge on any atom is 0.0115 e. The van der Waals surface area contributed by atoms with Crippen LogP contribution in [-0.2, 0) is 5.41 Å². The van der Waals surface area contributed by atoms with E-state index in [2.05, 4.69) is 55.4 Å². The molecule has 120 valence electrons. The molecule has 1 N–H and O–H groups in total. The predicted molar refractivity (Wildman–Crippen MR) is 94.3 cm³/mol. The lowest BCUT2D eigenvalue weighted by Crippen LogP contribution is -2.47. The van der Waals surface area contributed by atoms with E-state index >= 15 is 0 Å². The van der Waals surface area contributed by atoms with Crippen molar-refractivity contribution in [3.8, 4) is 0 Å². The van der Waals surface area contributed by atoms with Crippen molar-refractivity contribution in [1.29, 1.82) is 0 Å². The molecule has 0 amide bonds. The quantitative estimate of drug-likeness (QED) is 0.815. The van der Waals surface area contributed by atoms with E-state index in [1.54, 1.807) is 0 Å². The van der Waals surface area contributed by atoms with Crippen molar-refractivity contribution in [2.45, 2.75) is 58.4 Å². The molecule has 1 saturated heterocycles. The predicted octanol–water partition coefficient (Wildman–Crippen LogP) is 4.13. The van der Waals surface area contributed by atoms with E-state index in [-0.39, 0.29) is 5.41 Å². The standard InChI is InChI=1S/C18H32N2S/c1-5-10-20-11-6-8-16(13-20)15(2)19-14-18(3,4)17-9-7-12-21-17/h7,9,12,15-16,19H,5-6,8,10-11,13-14H2,1-4H3. The number of hydrogen-bond acceptors (Lipinski definition) is 3. The molecular weight excluding hydrogens is 276 g/mol. The van der Waals surface area contributed by atoms with Crippen LogP contribution in [0, 0.1) is 5.92 Å². The van der Waals surface area contributed by atoms with Crippen molar-refractivity contribution in [1.82, 2.24) is 10.2 Å². The monoisotopic (exact) mass is 308 g/mol. The first kappa shape index (κ1) is 17.0. The normalized spacial score (nSPS) is 22.4. The van der Waals surface area contributed by atoms with E-state index in [0.717, 1.165) is 12.5 Å². The van der Waals surface area contributed by atoms with Gasteiger partial charge in [0.1, 0.15) is 0 Å². The molecule has 2 atom stereocenters. The summed E-state index contributed by atoms with van der Waals surface area (Å²) in [6, 6.07) is 5.04. The Hall–Kier alpha value is -0.380. The van der Waals surface area contributed by atoms with Gasteiger partial charge in [0.2, 0.25) is 0 Å². The minimum Gasteiger partial charge on any atom is -0.313 e. The second-order valence-electron chi connectivity index (χ2n) is 7.23. The molecule has 1 fully saturated rings. The molecule has 0 aromatic carbocycles. The smallest absolute Gasteiger partial charge is 0.0115 e. The van der Waals surface area contributed by atoms with E-state index in [0.29, 0.717) is 6.04 Å². The topological polar surface area (TPSA) is 15.3 Å². The molecule has 2 unspecified atom stereocenters. The fourth-order valence-corrected chi connectivity index (χ4v) is 4.20. The van der Waals surface area contributed by atoms with Gasteiger partial charge in [-0.15, -0.1) is 11.3 Å². The lowest BCUT2D eigenvalue weighted by molar-refractivity contribution is 0.149. The summed E-state index contributed by atoms with van der Waals surface area (Å²) in [5.41, 5.74) is 0.236. The molecule has 0 aliphatic carbocycles. The van der Waals surface area contributed by atoms with Gasteiger partial charge in [0.25, 0.3) is 0 Å². The molecule has 21 heavy (non-hydrogen) atoms. The van der Waals surface area contributed by atoms with Crippen LogP contribution in [0.15, 0.2) is 17.5 Å². The summed E-state index contributed by atoms with van der Waals surface area (Å²) < 4.78 is 0. The van der Waals surface area contributed by atoms with Gasteiger partial charge < -0.3 is 10.2 Å². The fraction of sp³-hybridized carbons (Fsp3) is 0.778. The van der Waals surface area contributed by atoms with Crippen molar-refractivity contribution in [3.63, 3.8) is 0 Å². The van der Waals surface area contributed by atoms with Crippen LogP contribution < -0.4 is 5.32 Å². The van der Waals surface area contributed by atoms with E-state index in [1.807, 2.05) is 11.3 Å². The van der Waals surface area contributed by atoms with Crippen LogP contribution in [0.25, 0.3) is 0 Å². The molecule has 0 bridgehead atoms. The Labute approximate surface area is 134 Å². The van der Waals surface area contributed by atoms with Crippen molar-refractivity contribution in [2.75, 3.05) is 26.2 Å². The molecule has 3 heteroatoms. The molecule has 1 aromatic rings. The van der Waals surface area contributed by atoms with E-state index < -0.39 is 0 Å². The van der Waals surface area contributed by atoms with Gasteiger partial charge in [-0.05, 0) is 56.6 Å². The molecular formula is C18H32N2S. The summed E-state index contributed by atoms with van der Waals surface area (Å²) in [5, 5.41) is 6.01. The average Bonchev–Trinajstić information content (AvgIpc) is 3.00. The number of hydrogen-bond donors (Lipinski definition) is 1. The van der Waals surface area contributed by atoms with Crippen LogP contribution >= 0.6 is 11.3 Å². The van der Waals surface area contributed by atoms with Gasteiger partial charge in [-0.3, -0.25) is 0 Å². The zero-order valence-electron chi connectivity index (χ0n) is 14.2. The van der Waals surface area contributed by atoms with Crippen LogP contribution in [0.2, 0.25) is 0 Å². The third-order valence-corrected chi connectivity index (χ3v) is 6.08. The highest BCUT2D eigenvalue weighted by Gasteiger charge is 2.27. The minimum atomic E-state index is 0.236. The number of thiophene rings is 1. The van der Waals surface area contributed by atoms with Crippen molar-refractivity contribution >= 4 is 11.3 Å². The summed E-state index contributed by atoms with van der Waals surface area (Å²) in [7, 11) is 0. The number of rotatable bonds is 7. The minimum absolute atomic E-state index is 0.236. The molecule has 0 radical (unpaired) electrons. The molecule has 2 heterocycles. The Morgan fingerprint density at radius 1 is 1.48 bits per heavy atom. The van der Waals surface area contributed by atoms with E-state index in [1.165, 1.54) is 43.8 Å². The summed E-state index contributed by atoms with van der Waals surface area (Å²) >= 11 is 1.88. The molecule has 1 aliphatic heterocycles. The van der Waals surface area contributed by atoms with Gasteiger partial charge in [-0.2, -0.15) is 0 Å². The Morgan fingerprint density at radius 2 is 2.29 bits per heavy atom. The highest BCUT2D eigenvalue weighted by atomic mass is 32.1. The van der Waals surface area contributed by atoms with Crippen LogP contribution in [0.5, 0.6) is 0 Å². The van der Waals surface area contributed by atoms with Crippen LogP contribution in [-0.4, -0.2) is 37.1 Å². The lowest BCUT2D eigenvalue weighted by Gasteiger charge is -2.37. The maximum absolute atomic E-state index is 3.82. The van der Waals surface area contributed by atoms with Crippen LogP contribution in [0.3, 0.4) is 0 Å². The molecule has 0 spiro atoms. The molecule has 1 aromatic heterocycles. The highest BCUT2D eigenvalue weighted by Crippen LogP contribution is 2.27. The van der Waals surface area contributed by atoms with E-state index in [9.17, 15) is 0 Å². The summed E-state index contributed by atoms with van der Waals surface area (Å²) in [5.74, 6) is 0.810. The van der Waals surface area contributed by atoms with Gasteiger partial charge in [0, 0.05) is 29.4 Å². The summed E-state index contributed by atoms with van der Waals surface area (Å²) in [6.07, 6.45) is 4.03. The zero-order chi connectivity index (χ0) is 15.3. The van der Waals surface area contributed by atoms with Gasteiger partial charge in [-0.1, -0.05) is 26.8 Å². The fourth-order valence-electron chi connectivity index (χ4n) is 3.35. The number of piperidine rings is 1. The molecule has 0 saturated carbocycles. The molecule has 1 aliphatic rings. The third-order valence-electron chi connectivity index (χ3n) is 4.84. The lowest BCUT2D eigenvalue weighted by atomic mass is 9.88. The number of nitrogens with zero attached hydrogens (tertiary/aromatic N) is 1. The van der Waals surface area contributed by atoms with Crippen LogP contribution in [0.1, 0.15) is 51.8 Å². The van der Waals surface area contributed by atoms with Gasteiger partial charge in [0.15, 0.2) is 0 Å². The molecule has 2 nitrogen and oxygen atoms in total. The van der Waals surface area contributed by atoms with E-state index in [4.69, 9.17) is 0 Å². The summed E-state index contributed by atoms with van der Waals surface area (Å²) in [6.45, 7) is 14.3.